The van der Waals surface area contributed by atoms with Crippen LogP contribution in [0.2, 0.25) is 0 Å². The Kier molecular flexibility index (Phi) is 33.4. The van der Waals surface area contributed by atoms with Crippen LogP contribution >= 0.6 is 0 Å². The number of Topliss-reactive ketones (excluding diaryl/α,β-unsaturated/α-hetero) is 3. The first-order chi connectivity index (χ1) is 52.0. The molecule has 3 amide bonds. The highest BCUT2D eigenvalue weighted by Gasteiger charge is 2.51. The lowest BCUT2D eigenvalue weighted by molar-refractivity contribution is -0.189. The number of fused-ring (bicyclic) bond motifs is 5. The molecule has 29 nitrogen and oxygen atoms in total. The van der Waals surface area contributed by atoms with Crippen molar-refractivity contribution >= 4 is 63.7 Å². The van der Waals surface area contributed by atoms with E-state index in [4.69, 9.17) is 57.1 Å². The summed E-state index contributed by atoms with van der Waals surface area (Å²) in [4.78, 5) is 129. The summed E-state index contributed by atoms with van der Waals surface area (Å²) in [5.74, 6) is -2.71. The lowest BCUT2D eigenvalue weighted by atomic mass is 9.79. The fourth-order valence-electron chi connectivity index (χ4n) is 13.9. The summed E-state index contributed by atoms with van der Waals surface area (Å²) in [6.07, 6.45) is 12.1. The molecule has 3 unspecified atom stereocenters. The number of aromatic nitrogens is 6. The van der Waals surface area contributed by atoms with Crippen LogP contribution in [0.1, 0.15) is 158 Å². The van der Waals surface area contributed by atoms with Crippen LogP contribution in [-0.2, 0) is 135 Å². The smallest absolute Gasteiger partial charge is 0.355 e. The number of carbonyl (C=O) groups excluding carboxylic acids is 8. The number of hydrogen-bond acceptors (Lipinski definition) is 25. The molecule has 0 bridgehead atoms. The van der Waals surface area contributed by atoms with Gasteiger partial charge in [0.25, 0.3) is 5.56 Å². The number of carbonyl (C=O) groups is 8. The maximum Gasteiger partial charge on any atom is 0.355 e. The Morgan fingerprint density at radius 3 is 1.96 bits per heavy atom. The maximum atomic E-state index is 14.2. The van der Waals surface area contributed by atoms with Crippen molar-refractivity contribution in [1.82, 2.24) is 34.4 Å². The topological polar surface area (TPSA) is 352 Å². The van der Waals surface area contributed by atoms with Gasteiger partial charge in [0, 0.05) is 97.8 Å². The van der Waals surface area contributed by atoms with E-state index in [0.717, 1.165) is 67.3 Å². The minimum absolute atomic E-state index is 0.000220. The number of rotatable bonds is 52. The number of aryl methyl sites for hydroxylation is 3. The maximum absolute atomic E-state index is 14.2. The van der Waals surface area contributed by atoms with E-state index in [0.29, 0.717) is 185 Å². The zero-order valence-corrected chi connectivity index (χ0v) is 62.5. The van der Waals surface area contributed by atoms with Crippen molar-refractivity contribution in [2.24, 2.45) is 23.7 Å². The molecule has 1 saturated heterocycles. The molecule has 4 aromatic heterocycles. The zero-order valence-electron chi connectivity index (χ0n) is 62.5. The van der Waals surface area contributed by atoms with Gasteiger partial charge in [-0.15, -0.1) is 5.10 Å². The number of amides is 3. The number of nitrogens with one attached hydrogen (secondary N) is 1. The minimum atomic E-state index is -1.88. The first kappa shape index (κ1) is 82.9. The molecule has 1 aliphatic carbocycles. The van der Waals surface area contributed by atoms with Gasteiger partial charge in [-0.1, -0.05) is 64.3 Å². The SMILES string of the molecule is CCCCCC(CC(=O)COCC(=O)CCCOCCOCCOCCOCCOCCOCCOCCOCCn1cc(CCC(=O)C2CCC(CN3C(=O)CC(C)C3=O)CC2)nn1)C(=O)Nc1ccc(CCC(=O)OC2(CC)C(=O)OCc3c2cc2n(c3=O)Cc3c-2nc2ncc(O)cc2c3CC)cc1. The summed E-state index contributed by atoms with van der Waals surface area (Å²) >= 11 is 0. The molecule has 0 spiro atoms. The van der Waals surface area contributed by atoms with Crippen molar-refractivity contribution in [3.8, 4) is 17.1 Å². The van der Waals surface area contributed by atoms with Gasteiger partial charge in [-0.2, -0.15) is 0 Å². The molecular formula is C78H106N8O21. The Bertz CT molecular complexity index is 3840. The first-order valence-electron chi connectivity index (χ1n) is 38.0. The molecule has 29 heteroatoms. The van der Waals surface area contributed by atoms with E-state index in [1.165, 1.54) is 11.1 Å². The molecule has 5 aromatic rings. The van der Waals surface area contributed by atoms with Crippen LogP contribution in [0.25, 0.3) is 22.4 Å². The number of ether oxygens (including phenoxy) is 11. The fraction of sp³-hybridized carbons (Fsp3) is 0.628. The number of hydrogen-bond donors (Lipinski definition) is 2. The molecule has 1 saturated carbocycles. The largest absolute Gasteiger partial charge is 0.506 e. The van der Waals surface area contributed by atoms with Gasteiger partial charge in [0.05, 0.1) is 141 Å². The van der Waals surface area contributed by atoms with Crippen LogP contribution in [0.15, 0.2) is 53.6 Å². The second-order valence-corrected chi connectivity index (χ2v) is 27.6. The second kappa shape index (κ2) is 43.2. The highest BCUT2D eigenvalue weighted by Crippen LogP contribution is 2.43. The summed E-state index contributed by atoms with van der Waals surface area (Å²) in [5, 5.41) is 22.2. The molecule has 0 radical (unpaired) electrons. The Morgan fingerprint density at radius 2 is 1.35 bits per heavy atom. The lowest BCUT2D eigenvalue weighted by Crippen LogP contribution is -2.47. The number of esters is 2. The number of cyclic esters (lactones) is 1. The molecule has 9 rings (SSSR count). The Labute approximate surface area is 624 Å². The molecule has 3 atom stereocenters. The Morgan fingerprint density at radius 1 is 0.710 bits per heavy atom. The number of aromatic hydroxyl groups is 1. The number of likely N-dealkylation sites (tertiary alicyclic amines) is 1. The van der Waals surface area contributed by atoms with Crippen molar-refractivity contribution in [3.63, 3.8) is 0 Å². The average Bonchev–Trinajstić information content (AvgIpc) is 1.61. The molecule has 4 aliphatic rings. The van der Waals surface area contributed by atoms with Gasteiger partial charge >= 0.3 is 11.9 Å². The van der Waals surface area contributed by atoms with Crippen LogP contribution in [0.5, 0.6) is 5.75 Å². The van der Waals surface area contributed by atoms with Crippen LogP contribution < -0.4 is 10.9 Å². The average molecular weight is 1490 g/mol. The molecular weight excluding hydrogens is 1380 g/mol. The van der Waals surface area contributed by atoms with E-state index in [-0.39, 0.29) is 134 Å². The van der Waals surface area contributed by atoms with Crippen LogP contribution in [0.3, 0.4) is 0 Å². The fourth-order valence-corrected chi connectivity index (χ4v) is 13.9. The van der Waals surface area contributed by atoms with Gasteiger partial charge < -0.3 is 67.1 Å². The summed E-state index contributed by atoms with van der Waals surface area (Å²) < 4.78 is 65.0. The molecule has 2 N–H and O–H groups in total. The van der Waals surface area contributed by atoms with Gasteiger partial charge in [0.15, 0.2) is 17.2 Å². The highest BCUT2D eigenvalue weighted by atomic mass is 16.6. The van der Waals surface area contributed by atoms with Crippen molar-refractivity contribution in [2.75, 3.05) is 131 Å². The minimum Gasteiger partial charge on any atom is -0.506 e. The van der Waals surface area contributed by atoms with E-state index in [9.17, 15) is 48.3 Å². The predicted octanol–water partition coefficient (Wildman–Crippen LogP) is 7.51. The van der Waals surface area contributed by atoms with Gasteiger partial charge in [-0.05, 0) is 99.1 Å². The van der Waals surface area contributed by atoms with Crippen molar-refractivity contribution in [2.45, 2.75) is 169 Å². The zero-order chi connectivity index (χ0) is 75.9. The van der Waals surface area contributed by atoms with Crippen molar-refractivity contribution in [1.29, 1.82) is 0 Å². The third-order valence-corrected chi connectivity index (χ3v) is 19.9. The number of unbranched alkanes of at least 4 members (excludes halogenated alkanes) is 2. The van der Waals surface area contributed by atoms with E-state index >= 15 is 0 Å². The summed E-state index contributed by atoms with van der Waals surface area (Å²) in [6, 6.07) is 10.3. The van der Waals surface area contributed by atoms with Gasteiger partial charge in [0.1, 0.15) is 31.4 Å². The summed E-state index contributed by atoms with van der Waals surface area (Å²) in [5.41, 5.74) is 3.33. The molecule has 584 valence electrons. The van der Waals surface area contributed by atoms with Gasteiger partial charge in [-0.25, -0.2) is 19.4 Å². The molecule has 1 aromatic carbocycles. The third kappa shape index (κ3) is 24.4. The van der Waals surface area contributed by atoms with E-state index in [2.05, 4.69) is 27.5 Å². The van der Waals surface area contributed by atoms with Crippen LogP contribution in [0, 0.1) is 23.7 Å². The predicted molar refractivity (Wildman–Crippen MR) is 389 cm³/mol. The van der Waals surface area contributed by atoms with E-state index in [1.807, 2.05) is 13.1 Å². The third-order valence-electron chi connectivity index (χ3n) is 19.9. The Hall–Kier alpha value is -8.13. The Balaban J connectivity index is 0.527. The van der Waals surface area contributed by atoms with Crippen molar-refractivity contribution in [3.05, 3.63) is 92.7 Å². The molecule has 3 aliphatic heterocycles. The number of ketones is 3. The lowest BCUT2D eigenvalue weighted by Gasteiger charge is -2.35. The molecule has 7 heterocycles. The number of imide groups is 1. The normalized spacial score (nSPS) is 17.8. The van der Waals surface area contributed by atoms with Crippen molar-refractivity contribution < 1.29 is 95.6 Å². The van der Waals surface area contributed by atoms with Gasteiger partial charge in [0.2, 0.25) is 23.3 Å². The standard InChI is InChI=1S/C78H106N8O21/c1-5-8-9-11-57(74(93)80-58-20-15-54(16-21-58)17-24-71(92)107-78(7-3)67-45-68-72-65(49-85(68)76(95)66(67)52-106-77(78)96)63(6-2)64-44-61(88)46-79-73(64)81-72)43-62(89)51-105-50-60(87)12-10-26-97-28-30-99-32-34-101-36-38-103-40-41-104-39-37-102-35-33-100-31-29-98-27-25-84-48-59(82-83-84)22-23-69(90)56-18-13-55(14-19-56)47-86-70(91)42-53(4)75(86)94/h15-16,20-21,44-46,48,53,55-57,88H,5-14,17-19,22-43,47,49-52H2,1-4H3,(H,80,93). The van der Waals surface area contributed by atoms with Crippen LogP contribution in [0.4, 0.5) is 5.69 Å². The first-order valence-corrected chi connectivity index (χ1v) is 38.0. The van der Waals surface area contributed by atoms with E-state index in [1.54, 1.807) is 59.5 Å². The number of pyridine rings is 3. The quantitative estimate of drug-likeness (QED) is 0.0212. The summed E-state index contributed by atoms with van der Waals surface area (Å²) in [6.45, 7) is 14.5. The molecule has 107 heavy (non-hydrogen) atoms. The number of nitrogens with zero attached hydrogens (tertiary/aromatic N) is 7. The number of benzene rings is 1. The monoisotopic (exact) mass is 1490 g/mol. The van der Waals surface area contributed by atoms with Gasteiger partial charge in [-0.3, -0.25) is 43.3 Å². The van der Waals surface area contributed by atoms with E-state index < -0.39 is 23.5 Å². The molecule has 2 fully saturated rings. The number of anilines is 1. The van der Waals surface area contributed by atoms with Crippen LogP contribution in [-0.4, -0.2) is 212 Å². The second-order valence-electron chi connectivity index (χ2n) is 27.6. The highest BCUT2D eigenvalue weighted by molar-refractivity contribution is 6.03. The summed E-state index contributed by atoms with van der Waals surface area (Å²) in [7, 11) is 0.